The predicted molar refractivity (Wildman–Crippen MR) is 146 cm³/mol. The zero-order valence-electron chi connectivity index (χ0n) is 22.6. The summed E-state index contributed by atoms with van der Waals surface area (Å²) in [5, 5.41) is 9.65. The lowest BCUT2D eigenvalue weighted by Crippen LogP contribution is -2.05. The number of carbonyl (C=O) groups is 1. The van der Waals surface area contributed by atoms with E-state index in [1.165, 1.54) is 89.9 Å². The van der Waals surface area contributed by atoms with Crippen LogP contribution in [0.2, 0.25) is 0 Å². The summed E-state index contributed by atoms with van der Waals surface area (Å²) >= 11 is 0. The molecule has 0 aromatic carbocycles. The van der Waals surface area contributed by atoms with Crippen molar-refractivity contribution in [1.29, 1.82) is 0 Å². The van der Waals surface area contributed by atoms with E-state index in [0.29, 0.717) is 5.78 Å². The Morgan fingerprint density at radius 2 is 0.871 bits per heavy atom. The van der Waals surface area contributed by atoms with Crippen LogP contribution in [0.25, 0.3) is 0 Å². The van der Waals surface area contributed by atoms with Crippen molar-refractivity contribution >= 4 is 14.4 Å². The van der Waals surface area contributed by atoms with Gasteiger partial charge in [-0.05, 0) is 39.0 Å². The number of unbranched alkanes of at least 4 members (excludes halogenated alkanes) is 12. The van der Waals surface area contributed by atoms with Crippen LogP contribution < -0.4 is 0 Å². The summed E-state index contributed by atoms with van der Waals surface area (Å²) in [6.45, 7) is 13.2. The average Bonchev–Trinajstić information content (AvgIpc) is 2.76. The molecule has 190 valence electrons. The summed E-state index contributed by atoms with van der Waals surface area (Å²) in [5.41, 5.74) is 0. The van der Waals surface area contributed by atoms with Crippen molar-refractivity contribution in [2.24, 2.45) is 0 Å². The zero-order valence-corrected chi connectivity index (χ0v) is 23.6. The molecule has 1 N–H and O–H groups in total. The van der Waals surface area contributed by atoms with Crippen molar-refractivity contribution in [2.45, 2.75) is 162 Å². The molecule has 0 aromatic heterocycles. The van der Waals surface area contributed by atoms with E-state index in [4.69, 9.17) is 0 Å². The van der Waals surface area contributed by atoms with Crippen molar-refractivity contribution < 1.29 is 9.90 Å². The van der Waals surface area contributed by atoms with Gasteiger partial charge in [0.2, 0.25) is 0 Å². The SMILES string of the molecule is CCCCCCC(=O)CCCCCC.CCCCCCC(O)CCCCCC.CPC. The number of hydrogen-bond donors (Lipinski definition) is 1. The van der Waals surface area contributed by atoms with Crippen LogP contribution in [0.1, 0.15) is 156 Å². The molecule has 31 heavy (non-hydrogen) atoms. The van der Waals surface area contributed by atoms with Crippen LogP contribution in [-0.4, -0.2) is 30.3 Å². The Bertz CT molecular complexity index is 281. The molecule has 2 nitrogen and oxygen atoms in total. The number of carbonyl (C=O) groups excluding carboxylic acids is 1. The van der Waals surface area contributed by atoms with Crippen LogP contribution in [0.4, 0.5) is 0 Å². The molecule has 0 rings (SSSR count). The third kappa shape index (κ3) is 40.9. The monoisotopic (exact) mass is 460 g/mol. The normalized spacial score (nSPS) is 10.3. The first-order valence-electron chi connectivity index (χ1n) is 13.8. The van der Waals surface area contributed by atoms with Crippen LogP contribution in [0.15, 0.2) is 0 Å². The molecule has 0 saturated heterocycles. The maximum absolute atomic E-state index is 11.4. The summed E-state index contributed by atoms with van der Waals surface area (Å²) in [5.74, 6) is 0.484. The van der Waals surface area contributed by atoms with E-state index < -0.39 is 0 Å². The number of hydrogen-bond acceptors (Lipinski definition) is 2. The Morgan fingerprint density at radius 1 is 0.581 bits per heavy atom. The fourth-order valence-electron chi connectivity index (χ4n) is 3.38. The predicted octanol–water partition coefficient (Wildman–Crippen LogP) is 9.71. The highest BCUT2D eigenvalue weighted by Crippen LogP contribution is 2.12. The second-order valence-corrected chi connectivity index (χ2v) is 10.0. The van der Waals surface area contributed by atoms with Gasteiger partial charge in [0.25, 0.3) is 0 Å². The van der Waals surface area contributed by atoms with Crippen molar-refractivity contribution in [2.75, 3.05) is 13.3 Å². The molecule has 0 fully saturated rings. The van der Waals surface area contributed by atoms with Gasteiger partial charge in [-0.1, -0.05) is 118 Å². The van der Waals surface area contributed by atoms with Gasteiger partial charge in [-0.25, -0.2) is 0 Å². The van der Waals surface area contributed by atoms with Gasteiger partial charge in [-0.2, -0.15) is 0 Å². The lowest BCUT2D eigenvalue weighted by Gasteiger charge is -2.09. The van der Waals surface area contributed by atoms with E-state index in [9.17, 15) is 9.90 Å². The summed E-state index contributed by atoms with van der Waals surface area (Å²) in [6.07, 6.45) is 23.7. The molecule has 0 aromatic rings. The summed E-state index contributed by atoms with van der Waals surface area (Å²) in [4.78, 5) is 11.4. The maximum atomic E-state index is 11.4. The van der Waals surface area contributed by atoms with Gasteiger partial charge in [-0.3, -0.25) is 4.79 Å². The number of aliphatic hydroxyl groups excluding tert-OH is 1. The molecular formula is C28H61O2P. The second kappa shape index (κ2) is 34.7. The number of rotatable bonds is 20. The first kappa shape index (κ1) is 35.6. The topological polar surface area (TPSA) is 37.3 Å². The highest BCUT2D eigenvalue weighted by Gasteiger charge is 2.03. The van der Waals surface area contributed by atoms with Gasteiger partial charge in [0.1, 0.15) is 5.78 Å². The molecule has 0 radical (unpaired) electrons. The Hall–Kier alpha value is 0.0600. The van der Waals surface area contributed by atoms with Gasteiger partial charge in [0.15, 0.2) is 0 Å². The minimum atomic E-state index is -0.0243. The minimum absolute atomic E-state index is 0.0243. The lowest BCUT2D eigenvalue weighted by atomic mass is 10.0. The quantitative estimate of drug-likeness (QED) is 0.145. The lowest BCUT2D eigenvalue weighted by molar-refractivity contribution is -0.119. The van der Waals surface area contributed by atoms with Crippen LogP contribution in [0, 0.1) is 0 Å². The molecule has 0 aliphatic heterocycles. The minimum Gasteiger partial charge on any atom is -0.393 e. The Morgan fingerprint density at radius 3 is 1.16 bits per heavy atom. The fourth-order valence-corrected chi connectivity index (χ4v) is 3.38. The standard InChI is InChI=1S/C13H28O.C13H26O.C2H7P/c2*1-3-5-7-9-11-13(14)12-10-8-6-4-2;1-3-2/h13-14H,3-12H2,1-2H3;3-12H2,1-2H3;3H,1-2H3. The average molecular weight is 461 g/mol. The van der Waals surface area contributed by atoms with Gasteiger partial charge in [0.05, 0.1) is 6.10 Å². The van der Waals surface area contributed by atoms with E-state index >= 15 is 0 Å². The molecule has 0 heterocycles. The van der Waals surface area contributed by atoms with E-state index in [2.05, 4.69) is 41.0 Å². The molecule has 0 saturated carbocycles. The first-order valence-corrected chi connectivity index (χ1v) is 15.8. The molecule has 0 bridgehead atoms. The fraction of sp³-hybridized carbons (Fsp3) is 0.964. The van der Waals surface area contributed by atoms with Crippen LogP contribution in [0.3, 0.4) is 0 Å². The molecule has 0 aliphatic rings. The van der Waals surface area contributed by atoms with Gasteiger partial charge in [0, 0.05) is 12.8 Å². The van der Waals surface area contributed by atoms with E-state index in [0.717, 1.165) is 47.1 Å². The number of Topliss-reactive ketones (excluding diaryl/α,β-unsaturated/α-hetero) is 1. The van der Waals surface area contributed by atoms with E-state index in [1.807, 2.05) is 0 Å². The second-order valence-electron chi connectivity index (χ2n) is 9.01. The molecule has 0 amide bonds. The highest BCUT2D eigenvalue weighted by atomic mass is 31.1. The van der Waals surface area contributed by atoms with Crippen LogP contribution in [-0.2, 0) is 4.79 Å². The molecule has 0 atom stereocenters. The first-order chi connectivity index (χ1) is 15.0. The van der Waals surface area contributed by atoms with E-state index in [-0.39, 0.29) is 6.10 Å². The van der Waals surface area contributed by atoms with Crippen molar-refractivity contribution in [3.8, 4) is 0 Å². The molecule has 3 heteroatoms. The van der Waals surface area contributed by atoms with Crippen molar-refractivity contribution in [3.63, 3.8) is 0 Å². The smallest absolute Gasteiger partial charge is 0.132 e. The number of aliphatic hydroxyl groups is 1. The summed E-state index contributed by atoms with van der Waals surface area (Å²) in [6, 6.07) is 0. The molecule has 0 aliphatic carbocycles. The summed E-state index contributed by atoms with van der Waals surface area (Å²) < 4.78 is 0. The third-order valence-corrected chi connectivity index (χ3v) is 5.40. The van der Waals surface area contributed by atoms with Gasteiger partial charge in [-0.15, -0.1) is 8.58 Å². The highest BCUT2D eigenvalue weighted by molar-refractivity contribution is 7.35. The van der Waals surface area contributed by atoms with Crippen molar-refractivity contribution in [3.05, 3.63) is 0 Å². The van der Waals surface area contributed by atoms with Gasteiger partial charge >= 0.3 is 0 Å². The molecular weight excluding hydrogens is 399 g/mol. The summed E-state index contributed by atoms with van der Waals surface area (Å²) in [7, 11) is 1.08. The van der Waals surface area contributed by atoms with Crippen LogP contribution >= 0.6 is 8.58 Å². The molecule has 0 spiro atoms. The van der Waals surface area contributed by atoms with Crippen LogP contribution in [0.5, 0.6) is 0 Å². The zero-order chi connectivity index (χ0) is 24.0. The number of ketones is 1. The Labute approximate surface area is 199 Å². The van der Waals surface area contributed by atoms with Gasteiger partial charge < -0.3 is 5.11 Å². The Kier molecular flexibility index (Phi) is 39.9. The van der Waals surface area contributed by atoms with E-state index in [1.54, 1.807) is 0 Å². The van der Waals surface area contributed by atoms with Crippen molar-refractivity contribution in [1.82, 2.24) is 0 Å². The largest absolute Gasteiger partial charge is 0.393 e. The molecule has 0 unspecified atom stereocenters. The maximum Gasteiger partial charge on any atom is 0.132 e. The Balaban J connectivity index is -0.000000448. The third-order valence-electron chi connectivity index (χ3n) is 5.40.